The lowest BCUT2D eigenvalue weighted by molar-refractivity contribution is -0.140. The molecule has 42 heavy (non-hydrogen) atoms. The second-order valence-corrected chi connectivity index (χ2v) is 10.9. The maximum Gasteiger partial charge on any atom is 0.420 e. The van der Waals surface area contributed by atoms with Crippen molar-refractivity contribution in [2.75, 3.05) is 43.0 Å². The quantitative estimate of drug-likeness (QED) is 0.245. The largest absolute Gasteiger partial charge is 0.420 e. The van der Waals surface area contributed by atoms with E-state index in [1.165, 1.54) is 30.9 Å². The van der Waals surface area contributed by atoms with Gasteiger partial charge in [-0.3, -0.25) is 14.5 Å². The number of anilines is 2. The fourth-order valence-corrected chi connectivity index (χ4v) is 5.24. The molecular weight excluding hydrogens is 577 g/mol. The van der Waals surface area contributed by atoms with Gasteiger partial charge in [0.1, 0.15) is 16.9 Å². The van der Waals surface area contributed by atoms with Crippen molar-refractivity contribution in [3.63, 3.8) is 0 Å². The molecule has 7 nitrogen and oxygen atoms in total. The van der Waals surface area contributed by atoms with Crippen LogP contribution in [0.4, 0.5) is 33.3 Å². The number of unbranched alkanes of at least 4 members (excludes halogenated alkanes) is 1. The molecule has 0 N–H and O–H groups in total. The molecule has 0 radical (unpaired) electrons. The van der Waals surface area contributed by atoms with Crippen molar-refractivity contribution in [2.24, 2.45) is 0 Å². The number of hydrogen-bond acceptors (Lipinski definition) is 5. The molecule has 0 aromatic heterocycles. The predicted molar refractivity (Wildman–Crippen MR) is 153 cm³/mol. The molecule has 0 atom stereocenters. The predicted octanol–water partition coefficient (Wildman–Crippen LogP) is 5.50. The average molecular weight is 610 g/mol. The molecule has 4 rings (SSSR count). The molecule has 2 aliphatic rings. The van der Waals surface area contributed by atoms with Crippen molar-refractivity contribution in [3.8, 4) is 6.07 Å². The Morgan fingerprint density at radius 3 is 2.26 bits per heavy atom. The maximum atomic E-state index is 15.0. The Kier molecular flexibility index (Phi) is 10.3. The summed E-state index contributed by atoms with van der Waals surface area (Å²) in [6.07, 6.45) is -2.05. The highest BCUT2D eigenvalue weighted by Gasteiger charge is 2.52. The third-order valence-corrected chi connectivity index (χ3v) is 7.58. The molecule has 13 heteroatoms. The smallest absolute Gasteiger partial charge is 0.343 e. The van der Waals surface area contributed by atoms with Gasteiger partial charge in [0.2, 0.25) is 6.41 Å². The number of rotatable bonds is 6. The topological polar surface area (TPSA) is 70.9 Å². The van der Waals surface area contributed by atoms with Crippen LogP contribution < -0.4 is 9.80 Å². The van der Waals surface area contributed by atoms with Gasteiger partial charge in [0.05, 0.1) is 17.3 Å². The molecule has 2 aliphatic heterocycles. The minimum Gasteiger partial charge on any atom is -0.343 e. The second kappa shape index (κ2) is 13.1. The third kappa shape index (κ3) is 6.71. The van der Waals surface area contributed by atoms with Crippen LogP contribution in [0.15, 0.2) is 30.3 Å². The number of benzene rings is 2. The number of thiocarbonyl (C=S) groups is 1. The molecule has 2 heterocycles. The van der Waals surface area contributed by atoms with E-state index in [2.05, 4.69) is 11.9 Å². The van der Waals surface area contributed by atoms with E-state index in [4.69, 9.17) is 17.5 Å². The number of nitrogens with zero attached hydrogens (tertiary/aromatic N) is 5. The first-order chi connectivity index (χ1) is 19.7. The Morgan fingerprint density at radius 1 is 1.10 bits per heavy atom. The SMILES string of the molecule is CCCCc1ccc(N2C(=S)N(c3ccc(C#N)c(C(F)(F)F)c3F)C(=O)C2(C)C)cc1F.CN1CCN(C=O)CC1. The summed E-state index contributed by atoms with van der Waals surface area (Å²) in [4.78, 5) is 29.3. The van der Waals surface area contributed by atoms with Gasteiger partial charge in [-0.1, -0.05) is 19.4 Å². The van der Waals surface area contributed by atoms with E-state index in [9.17, 15) is 27.2 Å². The van der Waals surface area contributed by atoms with Crippen LogP contribution in [0.2, 0.25) is 0 Å². The molecule has 2 fully saturated rings. The van der Waals surface area contributed by atoms with E-state index in [-0.39, 0.29) is 10.8 Å². The Hall–Kier alpha value is -3.63. The fourth-order valence-electron chi connectivity index (χ4n) is 4.72. The monoisotopic (exact) mass is 609 g/mol. The Bertz CT molecular complexity index is 1380. The lowest BCUT2D eigenvalue weighted by atomic mass is 10.0. The van der Waals surface area contributed by atoms with Crippen LogP contribution >= 0.6 is 12.2 Å². The van der Waals surface area contributed by atoms with Gasteiger partial charge in [0.25, 0.3) is 5.91 Å². The maximum absolute atomic E-state index is 15.0. The molecule has 226 valence electrons. The number of alkyl halides is 3. The standard InChI is InChI=1S/C23H20F5N3OS.C6H12N2O/c1-4-5-6-13-7-9-15(11-16(13)24)31-21(33)30(20(32)22(31,2)3)17-10-8-14(12-29)18(19(17)25)23(26,27)28;1-7-2-4-8(6-9)5-3-7/h7-11H,4-6H2,1-3H3;6H,2-5H2,1H3. The number of amides is 2. The highest BCUT2D eigenvalue weighted by Crippen LogP contribution is 2.42. The summed E-state index contributed by atoms with van der Waals surface area (Å²) in [6.45, 7) is 8.69. The molecule has 2 saturated heterocycles. The fraction of sp³-hybridized carbons (Fsp3) is 0.448. The zero-order chi connectivity index (χ0) is 31.4. The number of hydrogen-bond donors (Lipinski definition) is 0. The molecule has 0 spiro atoms. The first-order valence-corrected chi connectivity index (χ1v) is 13.7. The Labute approximate surface area is 247 Å². The van der Waals surface area contributed by atoms with Crippen LogP contribution in [0, 0.1) is 23.0 Å². The van der Waals surface area contributed by atoms with Crippen molar-refractivity contribution < 1.29 is 31.5 Å². The zero-order valence-corrected chi connectivity index (χ0v) is 24.6. The van der Waals surface area contributed by atoms with Crippen molar-refractivity contribution in [1.29, 1.82) is 5.26 Å². The van der Waals surface area contributed by atoms with Gasteiger partial charge in [0, 0.05) is 31.9 Å². The van der Waals surface area contributed by atoms with Crippen LogP contribution in [0.3, 0.4) is 0 Å². The first kappa shape index (κ1) is 32.9. The number of carbonyl (C=O) groups excluding carboxylic acids is 2. The van der Waals surface area contributed by atoms with Crippen molar-refractivity contribution in [2.45, 2.75) is 51.7 Å². The molecule has 2 aromatic rings. The number of nitriles is 1. The minimum absolute atomic E-state index is 0.212. The van der Waals surface area contributed by atoms with E-state index < -0.39 is 46.1 Å². The van der Waals surface area contributed by atoms with E-state index in [1.54, 1.807) is 17.0 Å². The van der Waals surface area contributed by atoms with Gasteiger partial charge >= 0.3 is 6.18 Å². The lowest BCUT2D eigenvalue weighted by Gasteiger charge is -2.29. The van der Waals surface area contributed by atoms with Gasteiger partial charge in [-0.2, -0.15) is 18.4 Å². The highest BCUT2D eigenvalue weighted by atomic mass is 32.1. The highest BCUT2D eigenvalue weighted by molar-refractivity contribution is 7.81. The number of piperazine rings is 1. The molecule has 0 aliphatic carbocycles. The molecule has 2 aromatic carbocycles. The molecule has 0 saturated carbocycles. The van der Waals surface area contributed by atoms with Crippen LogP contribution in [-0.2, 0) is 22.2 Å². The van der Waals surface area contributed by atoms with E-state index >= 15 is 4.39 Å². The van der Waals surface area contributed by atoms with E-state index in [0.29, 0.717) is 16.9 Å². The normalized spacial score (nSPS) is 17.2. The minimum atomic E-state index is -5.16. The first-order valence-electron chi connectivity index (χ1n) is 13.3. The number of carbonyl (C=O) groups is 2. The summed E-state index contributed by atoms with van der Waals surface area (Å²) in [6, 6.07) is 7.33. The Balaban J connectivity index is 0.000000458. The molecular formula is C29H32F5N5O2S. The number of aryl methyl sites for hydroxylation is 1. The second-order valence-electron chi connectivity index (χ2n) is 10.6. The van der Waals surface area contributed by atoms with Gasteiger partial charge in [0.15, 0.2) is 10.9 Å². The van der Waals surface area contributed by atoms with E-state index in [0.717, 1.165) is 57.6 Å². The summed E-state index contributed by atoms with van der Waals surface area (Å²) in [5.41, 5.74) is -4.16. The Morgan fingerprint density at radius 2 is 1.74 bits per heavy atom. The molecule has 2 amide bonds. The van der Waals surface area contributed by atoms with Gasteiger partial charge in [-0.15, -0.1) is 0 Å². The summed E-state index contributed by atoms with van der Waals surface area (Å²) >= 11 is 5.35. The number of halogens is 5. The van der Waals surface area contributed by atoms with Crippen LogP contribution in [-0.4, -0.2) is 66.0 Å². The third-order valence-electron chi connectivity index (χ3n) is 7.22. The van der Waals surface area contributed by atoms with Crippen molar-refractivity contribution in [3.05, 3.63) is 58.7 Å². The summed E-state index contributed by atoms with van der Waals surface area (Å²) in [5, 5.41) is 8.67. The van der Waals surface area contributed by atoms with Crippen molar-refractivity contribution in [1.82, 2.24) is 9.80 Å². The van der Waals surface area contributed by atoms with Crippen LogP contribution in [0.1, 0.15) is 50.3 Å². The van der Waals surface area contributed by atoms with Crippen LogP contribution in [0.5, 0.6) is 0 Å². The van der Waals surface area contributed by atoms with Gasteiger partial charge in [-0.25, -0.2) is 8.78 Å². The van der Waals surface area contributed by atoms with Crippen LogP contribution in [0.25, 0.3) is 0 Å². The summed E-state index contributed by atoms with van der Waals surface area (Å²) in [5.74, 6) is -3.08. The average Bonchev–Trinajstić information content (AvgIpc) is 3.10. The van der Waals surface area contributed by atoms with Crippen molar-refractivity contribution >= 4 is 41.0 Å². The zero-order valence-electron chi connectivity index (χ0n) is 23.8. The van der Waals surface area contributed by atoms with Gasteiger partial charge < -0.3 is 14.7 Å². The lowest BCUT2D eigenvalue weighted by Crippen LogP contribution is -2.44. The molecule has 0 unspecified atom stereocenters. The summed E-state index contributed by atoms with van der Waals surface area (Å²) < 4.78 is 70.0. The van der Waals surface area contributed by atoms with E-state index in [1.807, 2.05) is 6.92 Å². The molecule has 0 bridgehead atoms. The summed E-state index contributed by atoms with van der Waals surface area (Å²) in [7, 11) is 2.07. The van der Waals surface area contributed by atoms with Gasteiger partial charge in [-0.05, 0) is 75.8 Å². The number of likely N-dealkylation sites (N-methyl/N-ethyl adjacent to an activating group) is 1.